The molecule has 0 spiro atoms. The molecular weight excluding hydrogens is 394 g/mol. The fraction of sp³-hybridized carbons (Fsp3) is 0.545. The second-order valence-corrected chi connectivity index (χ2v) is 8.94. The molecule has 1 amide bonds. The molecule has 1 N–H and O–H groups in total. The topological polar surface area (TPSA) is 92.2 Å². The zero-order valence-electron chi connectivity index (χ0n) is 17.9. The molecule has 9 nitrogen and oxygen atoms in total. The Kier molecular flexibility index (Phi) is 4.27. The summed E-state index contributed by atoms with van der Waals surface area (Å²) in [6.45, 7) is 7.00. The second-order valence-electron chi connectivity index (χ2n) is 8.94. The Bertz CT molecular complexity index is 1130. The number of aromatic amines is 1. The van der Waals surface area contributed by atoms with Crippen LogP contribution in [0.25, 0.3) is 22.4 Å². The van der Waals surface area contributed by atoms with Gasteiger partial charge in [-0.3, -0.25) is 14.6 Å². The van der Waals surface area contributed by atoms with Gasteiger partial charge >= 0.3 is 0 Å². The molecule has 2 fully saturated rings. The monoisotopic (exact) mass is 421 g/mol. The number of hydrogen-bond acceptors (Lipinski definition) is 6. The van der Waals surface area contributed by atoms with Gasteiger partial charge < -0.3 is 14.5 Å². The van der Waals surface area contributed by atoms with Gasteiger partial charge in [-0.2, -0.15) is 10.2 Å². The number of ether oxygens (including phenoxy) is 1. The molecule has 1 saturated heterocycles. The van der Waals surface area contributed by atoms with E-state index in [0.29, 0.717) is 32.1 Å². The third-order valence-electron chi connectivity index (χ3n) is 6.84. The second kappa shape index (κ2) is 7.05. The number of rotatable bonds is 4. The molecule has 0 bridgehead atoms. The van der Waals surface area contributed by atoms with Crippen molar-refractivity contribution in [3.8, 4) is 11.4 Å². The third kappa shape index (κ3) is 3.02. The number of H-pyrrole nitrogens is 1. The molecule has 5 heterocycles. The highest BCUT2D eigenvalue weighted by atomic mass is 16.5. The van der Waals surface area contributed by atoms with Crippen LogP contribution in [0.1, 0.15) is 33.1 Å². The van der Waals surface area contributed by atoms with Gasteiger partial charge in [-0.25, -0.2) is 4.98 Å². The van der Waals surface area contributed by atoms with E-state index in [0.717, 1.165) is 40.5 Å². The molecule has 1 saturated carbocycles. The van der Waals surface area contributed by atoms with Gasteiger partial charge in [0.2, 0.25) is 5.91 Å². The maximum Gasteiger partial charge on any atom is 0.229 e. The Labute approximate surface area is 180 Å². The van der Waals surface area contributed by atoms with Crippen molar-refractivity contribution in [2.75, 3.05) is 29.6 Å². The molecule has 2 atom stereocenters. The van der Waals surface area contributed by atoms with E-state index >= 15 is 0 Å². The Morgan fingerprint density at radius 2 is 2.16 bits per heavy atom. The van der Waals surface area contributed by atoms with Crippen molar-refractivity contribution >= 4 is 28.4 Å². The molecular formula is C22H27N7O2. The van der Waals surface area contributed by atoms with Crippen molar-refractivity contribution in [1.82, 2.24) is 25.0 Å². The first-order chi connectivity index (χ1) is 15.1. The summed E-state index contributed by atoms with van der Waals surface area (Å²) in [4.78, 5) is 22.7. The third-order valence-corrected chi connectivity index (χ3v) is 6.84. The SMILES string of the molecule is CC(C1CC1)N1C(=O)CCn2nc(-c3cc[nH]n3)c3nc(N4CCOC[C@H]4C)cc1c32. The lowest BCUT2D eigenvalue weighted by atomic mass is 10.1. The first-order valence-corrected chi connectivity index (χ1v) is 11.2. The van der Waals surface area contributed by atoms with Crippen LogP contribution in [0.5, 0.6) is 0 Å². The summed E-state index contributed by atoms with van der Waals surface area (Å²) in [5.41, 5.74) is 4.19. The number of amides is 1. The maximum atomic E-state index is 13.3. The largest absolute Gasteiger partial charge is 0.377 e. The zero-order valence-corrected chi connectivity index (χ0v) is 17.9. The van der Waals surface area contributed by atoms with Gasteiger partial charge in [-0.1, -0.05) is 0 Å². The molecule has 0 aromatic carbocycles. The van der Waals surface area contributed by atoms with Crippen molar-refractivity contribution in [3.63, 3.8) is 0 Å². The van der Waals surface area contributed by atoms with Crippen LogP contribution in [-0.2, 0) is 16.1 Å². The summed E-state index contributed by atoms with van der Waals surface area (Å²) in [5.74, 6) is 1.61. The highest BCUT2D eigenvalue weighted by Crippen LogP contribution is 2.42. The minimum Gasteiger partial charge on any atom is -0.377 e. The molecule has 162 valence electrons. The Balaban J connectivity index is 1.60. The van der Waals surface area contributed by atoms with E-state index in [2.05, 4.69) is 35.0 Å². The zero-order chi connectivity index (χ0) is 21.1. The van der Waals surface area contributed by atoms with Crippen LogP contribution in [0.3, 0.4) is 0 Å². The number of pyridine rings is 1. The van der Waals surface area contributed by atoms with Gasteiger partial charge in [-0.05, 0) is 38.7 Å². The van der Waals surface area contributed by atoms with Crippen LogP contribution in [0.15, 0.2) is 18.3 Å². The van der Waals surface area contributed by atoms with Crippen LogP contribution in [0.4, 0.5) is 11.5 Å². The summed E-state index contributed by atoms with van der Waals surface area (Å²) in [6, 6.07) is 4.39. The van der Waals surface area contributed by atoms with Gasteiger partial charge in [0.15, 0.2) is 0 Å². The van der Waals surface area contributed by atoms with E-state index in [9.17, 15) is 4.79 Å². The molecule has 3 aromatic heterocycles. The van der Waals surface area contributed by atoms with Gasteiger partial charge in [0.1, 0.15) is 28.2 Å². The van der Waals surface area contributed by atoms with E-state index < -0.39 is 0 Å². The number of aryl methyl sites for hydroxylation is 1. The fourth-order valence-corrected chi connectivity index (χ4v) is 4.97. The van der Waals surface area contributed by atoms with Gasteiger partial charge in [0.05, 0.1) is 31.5 Å². The average molecular weight is 422 g/mol. The Morgan fingerprint density at radius 3 is 2.90 bits per heavy atom. The van der Waals surface area contributed by atoms with Gasteiger partial charge in [-0.15, -0.1) is 0 Å². The number of nitrogens with zero attached hydrogens (tertiary/aromatic N) is 6. The lowest BCUT2D eigenvalue weighted by Gasteiger charge is -2.35. The summed E-state index contributed by atoms with van der Waals surface area (Å²) >= 11 is 0. The number of morpholine rings is 1. The number of anilines is 2. The standard InChI is InChI=1S/C22H27N7O2/c1-13-12-31-10-9-27(13)18-11-17-22-21(24-18)20(16-5-7-23-25-16)26-28(22)8-6-19(30)29(17)14(2)15-3-4-15/h5,7,11,13-15H,3-4,6,8-10,12H2,1-2H3,(H,23,25)/t13-,14?/m1/s1. The summed E-state index contributed by atoms with van der Waals surface area (Å²) in [7, 11) is 0. The average Bonchev–Trinajstić information content (AvgIpc) is 3.39. The Morgan fingerprint density at radius 1 is 1.29 bits per heavy atom. The molecule has 3 aliphatic rings. The number of carbonyl (C=O) groups excluding carboxylic acids is 1. The van der Waals surface area contributed by atoms with Crippen molar-refractivity contribution in [3.05, 3.63) is 18.3 Å². The predicted molar refractivity (Wildman–Crippen MR) is 117 cm³/mol. The lowest BCUT2D eigenvalue weighted by molar-refractivity contribution is -0.119. The first-order valence-electron chi connectivity index (χ1n) is 11.2. The van der Waals surface area contributed by atoms with Crippen molar-refractivity contribution < 1.29 is 9.53 Å². The molecule has 1 aliphatic carbocycles. The molecule has 9 heteroatoms. The maximum absolute atomic E-state index is 13.3. The minimum atomic E-state index is 0.166. The van der Waals surface area contributed by atoms with E-state index in [-0.39, 0.29) is 18.0 Å². The van der Waals surface area contributed by atoms with Gasteiger partial charge in [0.25, 0.3) is 0 Å². The van der Waals surface area contributed by atoms with Crippen LogP contribution in [0.2, 0.25) is 0 Å². The summed E-state index contributed by atoms with van der Waals surface area (Å²) in [6.07, 6.45) is 4.60. The smallest absolute Gasteiger partial charge is 0.229 e. The molecule has 0 radical (unpaired) electrons. The molecule has 2 aliphatic heterocycles. The van der Waals surface area contributed by atoms with Crippen LogP contribution in [0, 0.1) is 5.92 Å². The predicted octanol–water partition coefficient (Wildman–Crippen LogP) is 2.58. The number of nitrogens with one attached hydrogen (secondary N) is 1. The normalized spacial score (nSPS) is 22.8. The number of hydrogen-bond donors (Lipinski definition) is 1. The molecule has 31 heavy (non-hydrogen) atoms. The van der Waals surface area contributed by atoms with E-state index in [1.54, 1.807) is 6.20 Å². The summed E-state index contributed by atoms with van der Waals surface area (Å²) < 4.78 is 7.60. The molecule has 3 aromatic rings. The molecule has 1 unspecified atom stereocenters. The molecule has 6 rings (SSSR count). The fourth-order valence-electron chi connectivity index (χ4n) is 4.97. The van der Waals surface area contributed by atoms with E-state index in [4.69, 9.17) is 14.8 Å². The van der Waals surface area contributed by atoms with Crippen molar-refractivity contribution in [2.45, 2.75) is 51.7 Å². The van der Waals surface area contributed by atoms with Crippen molar-refractivity contribution in [1.29, 1.82) is 0 Å². The van der Waals surface area contributed by atoms with E-state index in [1.807, 2.05) is 15.6 Å². The van der Waals surface area contributed by atoms with Crippen LogP contribution in [-0.4, -0.2) is 62.7 Å². The van der Waals surface area contributed by atoms with Crippen molar-refractivity contribution in [2.24, 2.45) is 5.92 Å². The highest BCUT2D eigenvalue weighted by Gasteiger charge is 2.38. The minimum absolute atomic E-state index is 0.166. The lowest BCUT2D eigenvalue weighted by Crippen LogP contribution is -2.44. The number of carbonyl (C=O) groups is 1. The van der Waals surface area contributed by atoms with Crippen LogP contribution < -0.4 is 9.80 Å². The quantitative estimate of drug-likeness (QED) is 0.696. The van der Waals surface area contributed by atoms with Gasteiger partial charge in [0, 0.05) is 31.3 Å². The summed E-state index contributed by atoms with van der Waals surface area (Å²) in [5, 5.41) is 12.1. The highest BCUT2D eigenvalue weighted by molar-refractivity contribution is 6.06. The van der Waals surface area contributed by atoms with E-state index in [1.165, 1.54) is 12.8 Å². The number of aromatic nitrogens is 5. The first kappa shape index (κ1) is 18.8. The van der Waals surface area contributed by atoms with Crippen LogP contribution >= 0.6 is 0 Å². The Hall–Kier alpha value is -2.94.